The molecule has 0 aromatic heterocycles. The zero-order valence-electron chi connectivity index (χ0n) is 18.3. The topological polar surface area (TPSA) is 149 Å². The first-order chi connectivity index (χ1) is 16.9. The number of sulfonamides is 1. The van der Waals surface area contributed by atoms with E-state index in [2.05, 4.69) is 24.7 Å². The van der Waals surface area contributed by atoms with Gasteiger partial charge in [0, 0.05) is 10.3 Å². The van der Waals surface area contributed by atoms with E-state index in [1.165, 1.54) is 24.3 Å². The summed E-state index contributed by atoms with van der Waals surface area (Å²) < 4.78 is 33.9. The lowest BCUT2D eigenvalue weighted by atomic mass is 10.1. The normalized spacial score (nSPS) is 12.0. The number of hydrogen-bond acceptors (Lipinski definition) is 6. The van der Waals surface area contributed by atoms with Gasteiger partial charge in [0.1, 0.15) is 17.2 Å². The number of hydrogen-bond donors (Lipinski definition) is 1. The summed E-state index contributed by atoms with van der Waals surface area (Å²) in [7, 11) is -4.15. The Kier molecular flexibility index (Phi) is 6.72. The molecule has 11 heteroatoms. The lowest BCUT2D eigenvalue weighted by molar-refractivity contribution is 0.477. The SMILES string of the molecule is Cc1ccc(S(=O)(=O)/N=C(\N=[N+]=[N-])Oc2ccc(N=Nc3c(O)ccc4ccccc34)cc2)cc1. The third kappa shape index (κ3) is 5.61. The lowest BCUT2D eigenvalue weighted by Crippen LogP contribution is -2.09. The van der Waals surface area contributed by atoms with Crippen LogP contribution in [0, 0.1) is 6.92 Å². The average Bonchev–Trinajstić information content (AvgIpc) is 2.84. The summed E-state index contributed by atoms with van der Waals surface area (Å²) in [5, 5.41) is 23.4. The molecule has 0 bridgehead atoms. The van der Waals surface area contributed by atoms with Crippen molar-refractivity contribution in [3.63, 3.8) is 0 Å². The van der Waals surface area contributed by atoms with Gasteiger partial charge in [-0.05, 0) is 65.4 Å². The molecule has 0 aliphatic carbocycles. The number of azo groups is 1. The van der Waals surface area contributed by atoms with Gasteiger partial charge in [-0.25, -0.2) is 0 Å². The molecule has 0 unspecified atom stereocenters. The molecule has 0 fully saturated rings. The van der Waals surface area contributed by atoms with E-state index < -0.39 is 16.0 Å². The lowest BCUT2D eigenvalue weighted by Gasteiger charge is -2.06. The minimum absolute atomic E-state index is 0.00240. The van der Waals surface area contributed by atoms with Crippen LogP contribution < -0.4 is 4.74 Å². The van der Waals surface area contributed by atoms with Gasteiger partial charge in [0.05, 0.1) is 10.6 Å². The highest BCUT2D eigenvalue weighted by atomic mass is 32.2. The van der Waals surface area contributed by atoms with Gasteiger partial charge in [0.2, 0.25) is 0 Å². The van der Waals surface area contributed by atoms with Gasteiger partial charge in [-0.2, -0.15) is 13.5 Å². The van der Waals surface area contributed by atoms with E-state index in [0.717, 1.165) is 16.3 Å². The highest BCUT2D eigenvalue weighted by Crippen LogP contribution is 2.36. The Balaban J connectivity index is 1.55. The molecule has 174 valence electrons. The minimum atomic E-state index is -4.15. The summed E-state index contributed by atoms with van der Waals surface area (Å²) in [6.45, 7) is 1.82. The van der Waals surface area contributed by atoms with Crippen molar-refractivity contribution in [3.8, 4) is 11.5 Å². The summed E-state index contributed by atoms with van der Waals surface area (Å²) in [5.41, 5.74) is 10.5. The van der Waals surface area contributed by atoms with Crippen LogP contribution in [0.2, 0.25) is 0 Å². The molecule has 0 radical (unpaired) electrons. The van der Waals surface area contributed by atoms with Crippen molar-refractivity contribution in [3.05, 3.63) is 101 Å². The van der Waals surface area contributed by atoms with Crippen LogP contribution in [0.25, 0.3) is 21.2 Å². The van der Waals surface area contributed by atoms with Crippen molar-refractivity contribution in [1.82, 2.24) is 0 Å². The molecule has 0 aliphatic heterocycles. The maximum Gasteiger partial charge on any atom is 0.295 e. The maximum atomic E-state index is 12.5. The molecule has 4 aromatic carbocycles. The quantitative estimate of drug-likeness (QED) is 0.110. The second-order valence-corrected chi connectivity index (χ2v) is 8.91. The van der Waals surface area contributed by atoms with E-state index >= 15 is 0 Å². The molecule has 1 N–H and O–H groups in total. The molecule has 0 atom stereocenters. The molecule has 10 nitrogen and oxygen atoms in total. The number of rotatable bonds is 5. The molecule has 35 heavy (non-hydrogen) atoms. The third-order valence-electron chi connectivity index (χ3n) is 4.84. The van der Waals surface area contributed by atoms with Crippen molar-refractivity contribution in [2.75, 3.05) is 0 Å². The van der Waals surface area contributed by atoms with E-state index in [1.54, 1.807) is 36.4 Å². The molecule has 4 aromatic rings. The molecule has 0 aliphatic rings. The van der Waals surface area contributed by atoms with Crippen LogP contribution >= 0.6 is 0 Å². The van der Waals surface area contributed by atoms with Crippen molar-refractivity contribution in [2.45, 2.75) is 11.8 Å². The Labute approximate surface area is 200 Å². The Morgan fingerprint density at radius 3 is 2.34 bits per heavy atom. The zero-order chi connectivity index (χ0) is 24.8. The van der Waals surface area contributed by atoms with E-state index in [9.17, 15) is 13.5 Å². The zero-order valence-corrected chi connectivity index (χ0v) is 19.2. The average molecular weight is 487 g/mol. The number of nitrogens with zero attached hydrogens (tertiary/aromatic N) is 6. The number of aromatic hydroxyl groups is 1. The highest BCUT2D eigenvalue weighted by molar-refractivity contribution is 7.90. The van der Waals surface area contributed by atoms with Gasteiger partial charge in [0.15, 0.2) is 0 Å². The summed E-state index contributed by atoms with van der Waals surface area (Å²) in [6.07, 6.45) is 0. The number of phenols is 1. The molecule has 4 rings (SSSR count). The fourth-order valence-electron chi connectivity index (χ4n) is 3.10. The van der Waals surface area contributed by atoms with Crippen molar-refractivity contribution >= 4 is 38.2 Å². The van der Waals surface area contributed by atoms with Crippen LogP contribution in [-0.2, 0) is 10.0 Å². The van der Waals surface area contributed by atoms with E-state index in [0.29, 0.717) is 11.4 Å². The van der Waals surface area contributed by atoms with Gasteiger partial charge >= 0.3 is 0 Å². The van der Waals surface area contributed by atoms with Gasteiger partial charge in [-0.15, -0.1) is 9.51 Å². The second-order valence-electron chi connectivity index (χ2n) is 7.30. The Hall–Kier alpha value is -4.73. The number of amidine groups is 1. The van der Waals surface area contributed by atoms with E-state index in [1.807, 2.05) is 31.2 Å². The van der Waals surface area contributed by atoms with Gasteiger partial charge in [-0.3, -0.25) is 0 Å². The van der Waals surface area contributed by atoms with Crippen molar-refractivity contribution in [1.29, 1.82) is 0 Å². The van der Waals surface area contributed by atoms with Crippen LogP contribution in [0.5, 0.6) is 11.5 Å². The number of fused-ring (bicyclic) bond motifs is 1. The van der Waals surface area contributed by atoms with Crippen LogP contribution in [0.1, 0.15) is 5.56 Å². The molecule has 0 spiro atoms. The van der Waals surface area contributed by atoms with Crippen LogP contribution in [-0.4, -0.2) is 19.5 Å². The van der Waals surface area contributed by atoms with Gasteiger partial charge < -0.3 is 9.84 Å². The molecule has 0 amide bonds. The van der Waals surface area contributed by atoms with Crippen LogP contribution in [0.4, 0.5) is 11.4 Å². The number of benzene rings is 4. The molecule has 0 heterocycles. The van der Waals surface area contributed by atoms with Gasteiger partial charge in [-0.1, -0.05) is 48.0 Å². The number of phenolic OH excluding ortho intramolecular Hbond substituents is 1. The number of azide groups is 1. The van der Waals surface area contributed by atoms with E-state index in [4.69, 9.17) is 10.3 Å². The summed E-state index contributed by atoms with van der Waals surface area (Å²) in [6, 6.07) is 22.3. The molecule has 0 saturated carbocycles. The Bertz CT molecular complexity index is 1590. The predicted octanol–water partition coefficient (Wildman–Crippen LogP) is 6.70. The number of aryl methyl sites for hydroxylation is 1. The predicted molar refractivity (Wildman–Crippen MR) is 132 cm³/mol. The third-order valence-corrected chi connectivity index (χ3v) is 6.10. The first kappa shape index (κ1) is 23.4. The standard InChI is InChI=1S/C24H18N6O4S/c1-16-6-13-20(14-7-16)35(32,33)29-24(28-30-25)34-19-11-9-18(10-12-19)26-27-23-21-5-3-2-4-17(21)8-15-22(23)31/h2-15,31H,1H3/b27-26?,29-24+. The Morgan fingerprint density at radius 2 is 1.63 bits per heavy atom. The van der Waals surface area contributed by atoms with Crippen LogP contribution in [0.3, 0.4) is 0 Å². The van der Waals surface area contributed by atoms with Crippen molar-refractivity contribution < 1.29 is 18.3 Å². The first-order valence-electron chi connectivity index (χ1n) is 10.2. The van der Waals surface area contributed by atoms with Gasteiger partial charge in [0.25, 0.3) is 16.0 Å². The monoisotopic (exact) mass is 486 g/mol. The van der Waals surface area contributed by atoms with E-state index in [-0.39, 0.29) is 16.4 Å². The fraction of sp³-hybridized carbons (Fsp3) is 0.0417. The second kappa shape index (κ2) is 10.0. The minimum Gasteiger partial charge on any atom is -0.506 e. The molecular formula is C24H18N6O4S. The Morgan fingerprint density at radius 1 is 0.914 bits per heavy atom. The highest BCUT2D eigenvalue weighted by Gasteiger charge is 2.15. The molecular weight excluding hydrogens is 468 g/mol. The fourth-order valence-corrected chi connectivity index (χ4v) is 3.97. The summed E-state index contributed by atoms with van der Waals surface area (Å²) >= 11 is 0. The largest absolute Gasteiger partial charge is 0.506 e. The first-order valence-corrected chi connectivity index (χ1v) is 11.7. The number of ether oxygens (including phenoxy) is 1. The smallest absolute Gasteiger partial charge is 0.295 e. The van der Waals surface area contributed by atoms with Crippen molar-refractivity contribution in [2.24, 2.45) is 19.7 Å². The summed E-state index contributed by atoms with van der Waals surface area (Å²) in [5.74, 6) is 0.166. The molecule has 0 saturated heterocycles. The summed E-state index contributed by atoms with van der Waals surface area (Å²) in [4.78, 5) is 2.52. The maximum absolute atomic E-state index is 12.5. The van der Waals surface area contributed by atoms with Crippen LogP contribution in [0.15, 0.2) is 110 Å².